The van der Waals surface area contributed by atoms with Crippen LogP contribution in [0.2, 0.25) is 0 Å². The first-order chi connectivity index (χ1) is 23.1. The van der Waals surface area contributed by atoms with Crippen LogP contribution in [-0.2, 0) is 42.9 Å². The predicted molar refractivity (Wildman–Crippen MR) is 173 cm³/mol. The minimum atomic E-state index is -1.84. The number of Topliss-reactive ketones (excluding diaryl/α,β-unsaturated/α-hetero) is 1. The highest BCUT2D eigenvalue weighted by molar-refractivity contribution is 6.01. The molecule has 4 N–H and O–H groups in total. The van der Waals surface area contributed by atoms with Gasteiger partial charge in [0.1, 0.15) is 11.7 Å². The van der Waals surface area contributed by atoms with E-state index in [0.717, 1.165) is 24.1 Å². The molecule has 13 nitrogen and oxygen atoms in total. The Hall–Kier alpha value is -4.10. The van der Waals surface area contributed by atoms with Crippen molar-refractivity contribution in [2.45, 2.75) is 90.4 Å². The third-order valence-corrected chi connectivity index (χ3v) is 11.2. The van der Waals surface area contributed by atoms with Crippen molar-refractivity contribution in [3.05, 3.63) is 48.1 Å². The molecule has 0 spiro atoms. The highest BCUT2D eigenvalue weighted by Gasteiger charge is 2.68. The molecule has 0 radical (unpaired) electrons. The minimum absolute atomic E-state index is 0.0151. The molecule has 0 bridgehead atoms. The zero-order chi connectivity index (χ0) is 36.1. The summed E-state index contributed by atoms with van der Waals surface area (Å²) >= 11 is 0. The lowest BCUT2D eigenvalue weighted by atomic mass is 9.46. The smallest absolute Gasteiger partial charge is 0.454 e. The van der Waals surface area contributed by atoms with E-state index in [1.807, 2.05) is 39.0 Å². The van der Waals surface area contributed by atoms with Gasteiger partial charge in [0.25, 0.3) is 0 Å². The summed E-state index contributed by atoms with van der Waals surface area (Å²) < 4.78 is 19.7. The van der Waals surface area contributed by atoms with Crippen molar-refractivity contribution in [3.63, 3.8) is 0 Å². The van der Waals surface area contributed by atoms with Crippen LogP contribution in [0.5, 0.6) is 0 Å². The number of hydrogen-bond donors (Lipinski definition) is 3. The Morgan fingerprint density at radius 1 is 1.08 bits per heavy atom. The summed E-state index contributed by atoms with van der Waals surface area (Å²) in [5.41, 5.74) is 2.95. The van der Waals surface area contributed by atoms with Gasteiger partial charge < -0.3 is 34.9 Å². The molecule has 13 heteroatoms. The number of fused-ring (bicyclic) bond motifs is 5. The molecule has 0 heterocycles. The molecule has 0 aromatic carbocycles. The average molecular weight is 686 g/mol. The maximum atomic E-state index is 13.4. The number of nitrogens with two attached hydrogens (primary N) is 1. The lowest BCUT2D eigenvalue weighted by Crippen LogP contribution is -2.61. The van der Waals surface area contributed by atoms with Crippen molar-refractivity contribution in [1.82, 2.24) is 0 Å². The van der Waals surface area contributed by atoms with Gasteiger partial charge >= 0.3 is 18.1 Å². The van der Waals surface area contributed by atoms with Gasteiger partial charge in [-0.3, -0.25) is 14.4 Å². The van der Waals surface area contributed by atoms with E-state index in [4.69, 9.17) is 24.7 Å². The second-order valence-corrected chi connectivity index (χ2v) is 14.1. The van der Waals surface area contributed by atoms with Gasteiger partial charge in [0.15, 0.2) is 12.4 Å². The molecule has 4 aliphatic carbocycles. The van der Waals surface area contributed by atoms with E-state index in [1.54, 1.807) is 19.1 Å². The van der Waals surface area contributed by atoms with Crippen LogP contribution in [0, 0.1) is 34.5 Å². The van der Waals surface area contributed by atoms with Gasteiger partial charge in [-0.1, -0.05) is 44.6 Å². The molecule has 0 aromatic rings. The Balaban J connectivity index is 1.26. The van der Waals surface area contributed by atoms with E-state index in [9.17, 15) is 39.0 Å². The van der Waals surface area contributed by atoms with Crippen LogP contribution in [-0.4, -0.2) is 77.0 Å². The van der Waals surface area contributed by atoms with Crippen molar-refractivity contribution in [3.8, 4) is 0 Å². The number of aliphatic hydroxyl groups excluding tert-OH is 1. The molecule has 3 saturated carbocycles. The summed E-state index contributed by atoms with van der Waals surface area (Å²) in [5.74, 6) is -3.98. The first-order valence-electron chi connectivity index (χ1n) is 16.7. The lowest BCUT2D eigenvalue weighted by Gasteiger charge is -2.59. The van der Waals surface area contributed by atoms with Crippen molar-refractivity contribution >= 4 is 35.6 Å². The van der Waals surface area contributed by atoms with Crippen LogP contribution < -0.4 is 5.73 Å². The number of primary amides is 1. The summed E-state index contributed by atoms with van der Waals surface area (Å²) in [6.45, 7) is 5.86. The molecule has 268 valence electrons. The maximum absolute atomic E-state index is 13.4. The van der Waals surface area contributed by atoms with Crippen molar-refractivity contribution in [2.24, 2.45) is 40.2 Å². The predicted octanol–water partition coefficient (Wildman–Crippen LogP) is 3.16. The van der Waals surface area contributed by atoms with Gasteiger partial charge in [-0.15, -0.1) is 0 Å². The highest BCUT2D eigenvalue weighted by atomic mass is 16.8. The number of hydrogen-bond acceptors (Lipinski definition) is 12. The molecular weight excluding hydrogens is 638 g/mol. The monoisotopic (exact) mass is 685 g/mol. The molecule has 1 amide bonds. The standard InChI is InChI=1S/C36H47NO12/c1-5-6-7-21(2)27(17-29(37)41)49-33(44)48-20-47-31(43)11-10-30(42)46-19-28(40)36(45)15-13-25-24-9-8-22-16-23(38)12-14-34(22,3)32(24)26(39)18-35(25,36)4/h5-6,10-12,14,16,21,24-27,32,39,45H,7-9,13,15,17-20H2,1-4H3,(H2,37,41)/b6-5+,11-10+/t21-,24?,25?,26+,27+,32?,34+,35+,36+/m1/s1. The number of rotatable bonds is 13. The summed E-state index contributed by atoms with van der Waals surface area (Å²) in [4.78, 5) is 73.2. The molecule has 4 rings (SSSR count). The van der Waals surface area contributed by atoms with E-state index in [1.165, 1.54) is 0 Å². The molecule has 4 aliphatic rings. The number of ketones is 2. The van der Waals surface area contributed by atoms with Crippen LogP contribution >= 0.6 is 0 Å². The van der Waals surface area contributed by atoms with Crippen molar-refractivity contribution in [2.75, 3.05) is 13.4 Å². The lowest BCUT2D eigenvalue weighted by molar-refractivity contribution is -0.180. The van der Waals surface area contributed by atoms with Crippen molar-refractivity contribution in [1.29, 1.82) is 0 Å². The zero-order valence-corrected chi connectivity index (χ0v) is 28.4. The summed E-state index contributed by atoms with van der Waals surface area (Å²) in [5, 5.41) is 23.3. The number of esters is 2. The maximum Gasteiger partial charge on any atom is 0.511 e. The van der Waals surface area contributed by atoms with E-state index in [2.05, 4.69) is 0 Å². The highest BCUT2D eigenvalue weighted by Crippen LogP contribution is 2.67. The van der Waals surface area contributed by atoms with Gasteiger partial charge in [0.05, 0.1) is 12.5 Å². The molecule has 9 atom stereocenters. The quantitative estimate of drug-likeness (QED) is 0.0841. The normalized spacial score (nSPS) is 33.1. The molecule has 49 heavy (non-hydrogen) atoms. The fourth-order valence-electron chi connectivity index (χ4n) is 8.63. The molecule has 0 aliphatic heterocycles. The van der Waals surface area contributed by atoms with Crippen LogP contribution in [0.15, 0.2) is 48.1 Å². The van der Waals surface area contributed by atoms with Gasteiger partial charge in [-0.25, -0.2) is 14.4 Å². The molecular formula is C36H47NO12. The topological polar surface area (TPSA) is 206 Å². The Labute approximate surface area is 285 Å². The SMILES string of the molecule is C/C=C/C[C@@H](C)[C@H](CC(N)=O)OC(=O)OCOC(=O)/C=C/C(=O)OCC(=O)[C@@]1(O)CCC2C3CCC4=CC(=O)C=C[C@]4(C)C3[C@@H](O)C[C@@]21C. The Morgan fingerprint density at radius 3 is 2.45 bits per heavy atom. The molecule has 3 unspecified atom stereocenters. The third-order valence-electron chi connectivity index (χ3n) is 11.2. The number of amides is 1. The van der Waals surface area contributed by atoms with Gasteiger partial charge in [-0.2, -0.15) is 0 Å². The molecule has 0 saturated heterocycles. The Bertz CT molecular complexity index is 1460. The van der Waals surface area contributed by atoms with Crippen LogP contribution in [0.1, 0.15) is 72.6 Å². The van der Waals surface area contributed by atoms with Crippen molar-refractivity contribution < 1.29 is 57.9 Å². The fraction of sp³-hybridized carbons (Fsp3) is 0.611. The van der Waals surface area contributed by atoms with E-state index in [0.29, 0.717) is 19.3 Å². The largest absolute Gasteiger partial charge is 0.511 e. The Morgan fingerprint density at radius 2 is 1.78 bits per heavy atom. The number of allylic oxidation sites excluding steroid dienone is 6. The van der Waals surface area contributed by atoms with E-state index in [-0.39, 0.29) is 48.7 Å². The van der Waals surface area contributed by atoms with Crippen LogP contribution in [0.3, 0.4) is 0 Å². The first kappa shape index (κ1) is 37.7. The third kappa shape index (κ3) is 7.88. The average Bonchev–Trinajstić information content (AvgIpc) is 3.31. The van der Waals surface area contributed by atoms with Gasteiger partial charge in [0.2, 0.25) is 18.5 Å². The van der Waals surface area contributed by atoms with Crippen LogP contribution in [0.4, 0.5) is 4.79 Å². The minimum Gasteiger partial charge on any atom is -0.454 e. The number of carbonyl (C=O) groups is 6. The number of aliphatic hydroxyl groups is 2. The second-order valence-electron chi connectivity index (χ2n) is 14.1. The number of ether oxygens (including phenoxy) is 4. The summed E-state index contributed by atoms with van der Waals surface area (Å²) in [7, 11) is 0. The van der Waals surface area contributed by atoms with E-state index >= 15 is 0 Å². The first-order valence-corrected chi connectivity index (χ1v) is 16.7. The molecule has 0 aromatic heterocycles. The summed E-state index contributed by atoms with van der Waals surface area (Å²) in [6, 6.07) is 0. The molecule has 3 fully saturated rings. The zero-order valence-electron chi connectivity index (χ0n) is 28.4. The second kappa shape index (κ2) is 15.2. The van der Waals surface area contributed by atoms with Crippen LogP contribution in [0.25, 0.3) is 0 Å². The summed E-state index contributed by atoms with van der Waals surface area (Å²) in [6.07, 6.45) is 9.92. The number of carbonyl (C=O) groups excluding carboxylic acids is 6. The van der Waals surface area contributed by atoms with E-state index < -0.39 is 71.8 Å². The van der Waals surface area contributed by atoms with Gasteiger partial charge in [0, 0.05) is 28.9 Å². The Kier molecular flexibility index (Phi) is 11.7. The fourth-order valence-corrected chi connectivity index (χ4v) is 8.63. The van der Waals surface area contributed by atoms with Gasteiger partial charge in [-0.05, 0) is 75.4 Å².